The molecule has 0 radical (unpaired) electrons. The number of fused-ring (bicyclic) bond motifs is 1. The third-order valence-electron chi connectivity index (χ3n) is 3.57. The number of nitrogens with zero attached hydrogens (tertiary/aromatic N) is 1. The second-order valence-corrected chi connectivity index (χ2v) is 4.85. The third-order valence-corrected chi connectivity index (χ3v) is 3.57. The zero-order valence-corrected chi connectivity index (χ0v) is 9.89. The molecule has 2 N–H and O–H groups in total. The van der Waals surface area contributed by atoms with Crippen molar-refractivity contribution in [2.45, 2.75) is 25.8 Å². The number of rotatable bonds is 2. The van der Waals surface area contributed by atoms with Gasteiger partial charge >= 0.3 is 0 Å². The van der Waals surface area contributed by atoms with Crippen LogP contribution in [0.2, 0.25) is 0 Å². The van der Waals surface area contributed by atoms with E-state index in [1.807, 2.05) is 30.5 Å². The maximum Gasteiger partial charge on any atom is 0.227 e. The first-order valence-electron chi connectivity index (χ1n) is 6.05. The molecule has 2 aromatic rings. The van der Waals surface area contributed by atoms with E-state index in [9.17, 15) is 4.79 Å². The standard InChI is InChI=1S/C14H16N2O/c1-9(17)16-8-12(14(15)10-6-7-10)11-4-2-3-5-13(11)16/h2-5,8,10,14H,6-7,15H2,1H3/t14-/m1/s1. The van der Waals surface area contributed by atoms with E-state index in [-0.39, 0.29) is 11.9 Å². The molecule has 3 heteroatoms. The van der Waals surface area contributed by atoms with Crippen molar-refractivity contribution < 1.29 is 4.79 Å². The Bertz CT molecular complexity index is 581. The molecule has 3 rings (SSSR count). The number of carbonyl (C=O) groups excluding carboxylic acids is 1. The summed E-state index contributed by atoms with van der Waals surface area (Å²) in [4.78, 5) is 11.6. The minimum Gasteiger partial charge on any atom is -0.324 e. The van der Waals surface area contributed by atoms with Crippen LogP contribution >= 0.6 is 0 Å². The summed E-state index contributed by atoms with van der Waals surface area (Å²) in [5, 5.41) is 1.11. The molecule has 1 aromatic heterocycles. The highest BCUT2D eigenvalue weighted by Gasteiger charge is 2.31. The summed E-state index contributed by atoms with van der Waals surface area (Å²) < 4.78 is 1.70. The van der Waals surface area contributed by atoms with Gasteiger partial charge in [0.2, 0.25) is 5.91 Å². The van der Waals surface area contributed by atoms with Crippen molar-refractivity contribution in [1.29, 1.82) is 0 Å². The number of hydrogen-bond acceptors (Lipinski definition) is 2. The van der Waals surface area contributed by atoms with Gasteiger partial charge in [0, 0.05) is 24.5 Å². The van der Waals surface area contributed by atoms with Crippen LogP contribution in [0.1, 0.15) is 36.2 Å². The maximum atomic E-state index is 11.6. The molecule has 1 aromatic carbocycles. The van der Waals surface area contributed by atoms with Crippen LogP contribution in [0, 0.1) is 5.92 Å². The molecular formula is C14H16N2O. The molecule has 17 heavy (non-hydrogen) atoms. The Hall–Kier alpha value is -1.61. The number of benzene rings is 1. The van der Waals surface area contributed by atoms with Gasteiger partial charge in [-0.25, -0.2) is 0 Å². The first-order valence-corrected chi connectivity index (χ1v) is 6.05. The minimum atomic E-state index is 0.0375. The lowest BCUT2D eigenvalue weighted by Crippen LogP contribution is -2.12. The van der Waals surface area contributed by atoms with E-state index in [4.69, 9.17) is 5.73 Å². The molecule has 0 bridgehead atoms. The van der Waals surface area contributed by atoms with Gasteiger partial charge in [0.25, 0.3) is 0 Å². The summed E-state index contributed by atoms with van der Waals surface area (Å²) in [5.41, 5.74) is 8.33. The van der Waals surface area contributed by atoms with Gasteiger partial charge in [-0.3, -0.25) is 9.36 Å². The lowest BCUT2D eigenvalue weighted by molar-refractivity contribution is 0.0941. The summed E-state index contributed by atoms with van der Waals surface area (Å²) in [6.07, 6.45) is 4.33. The molecule has 1 saturated carbocycles. The van der Waals surface area contributed by atoms with Crippen LogP contribution < -0.4 is 5.73 Å². The van der Waals surface area contributed by atoms with Crippen LogP contribution in [0.3, 0.4) is 0 Å². The Kier molecular flexibility index (Phi) is 2.30. The van der Waals surface area contributed by atoms with Crippen molar-refractivity contribution in [1.82, 2.24) is 4.57 Å². The van der Waals surface area contributed by atoms with Crippen molar-refractivity contribution in [2.24, 2.45) is 11.7 Å². The van der Waals surface area contributed by atoms with E-state index in [1.165, 1.54) is 12.8 Å². The lowest BCUT2D eigenvalue weighted by Gasteiger charge is -2.08. The predicted octanol–water partition coefficient (Wildman–Crippen LogP) is 2.71. The quantitative estimate of drug-likeness (QED) is 0.859. The van der Waals surface area contributed by atoms with Gasteiger partial charge in [-0.2, -0.15) is 0 Å². The van der Waals surface area contributed by atoms with Crippen molar-refractivity contribution >= 4 is 16.8 Å². The minimum absolute atomic E-state index is 0.0375. The highest BCUT2D eigenvalue weighted by molar-refractivity contribution is 5.93. The molecule has 1 aliphatic rings. The fourth-order valence-electron chi connectivity index (χ4n) is 2.44. The van der Waals surface area contributed by atoms with E-state index in [2.05, 4.69) is 0 Å². The Labute approximate surface area is 100 Å². The van der Waals surface area contributed by atoms with Crippen LogP contribution in [0.15, 0.2) is 30.5 Å². The molecule has 0 amide bonds. The lowest BCUT2D eigenvalue weighted by atomic mass is 10.0. The molecule has 88 valence electrons. The maximum absolute atomic E-state index is 11.6. The molecule has 1 aliphatic carbocycles. The average molecular weight is 228 g/mol. The SMILES string of the molecule is CC(=O)n1cc([C@H](N)C2CC2)c2ccccc21. The molecule has 0 unspecified atom stereocenters. The van der Waals surface area contributed by atoms with Crippen LogP contribution in [-0.4, -0.2) is 10.5 Å². The van der Waals surface area contributed by atoms with Gasteiger partial charge in [0.15, 0.2) is 0 Å². The largest absolute Gasteiger partial charge is 0.324 e. The third kappa shape index (κ3) is 1.67. The van der Waals surface area contributed by atoms with Gasteiger partial charge in [0.05, 0.1) is 5.52 Å². The van der Waals surface area contributed by atoms with Crippen LogP contribution in [-0.2, 0) is 0 Å². The number of para-hydroxylation sites is 1. The van der Waals surface area contributed by atoms with E-state index in [1.54, 1.807) is 11.5 Å². The van der Waals surface area contributed by atoms with Crippen molar-refractivity contribution in [3.63, 3.8) is 0 Å². The summed E-state index contributed by atoms with van der Waals surface area (Å²) in [6.45, 7) is 1.58. The zero-order chi connectivity index (χ0) is 12.0. The van der Waals surface area contributed by atoms with Crippen molar-refractivity contribution in [3.8, 4) is 0 Å². The zero-order valence-electron chi connectivity index (χ0n) is 9.89. The number of hydrogen-bond donors (Lipinski definition) is 1. The van der Waals surface area contributed by atoms with Crippen LogP contribution in [0.25, 0.3) is 10.9 Å². The van der Waals surface area contributed by atoms with Gasteiger partial charge in [0.1, 0.15) is 0 Å². The summed E-state index contributed by atoms with van der Waals surface area (Å²) >= 11 is 0. The Morgan fingerprint density at radius 2 is 2.12 bits per heavy atom. The number of nitrogens with two attached hydrogens (primary N) is 1. The molecule has 3 nitrogen and oxygen atoms in total. The first-order chi connectivity index (χ1) is 8.18. The first kappa shape index (κ1) is 10.5. The van der Waals surface area contributed by atoms with E-state index in [0.29, 0.717) is 5.92 Å². The van der Waals surface area contributed by atoms with E-state index in [0.717, 1.165) is 16.5 Å². The smallest absolute Gasteiger partial charge is 0.227 e. The molecule has 1 heterocycles. The van der Waals surface area contributed by atoms with Crippen LogP contribution in [0.4, 0.5) is 0 Å². The fraction of sp³-hybridized carbons (Fsp3) is 0.357. The highest BCUT2D eigenvalue weighted by atomic mass is 16.1. The molecule has 0 aliphatic heterocycles. The van der Waals surface area contributed by atoms with Gasteiger partial charge in [-0.05, 0) is 30.4 Å². The molecule has 1 fully saturated rings. The van der Waals surface area contributed by atoms with Crippen molar-refractivity contribution in [3.05, 3.63) is 36.0 Å². The van der Waals surface area contributed by atoms with Crippen molar-refractivity contribution in [2.75, 3.05) is 0 Å². The van der Waals surface area contributed by atoms with E-state index < -0.39 is 0 Å². The second kappa shape index (κ2) is 3.70. The highest BCUT2D eigenvalue weighted by Crippen LogP contribution is 2.41. The van der Waals surface area contributed by atoms with E-state index >= 15 is 0 Å². The Balaban J connectivity index is 2.20. The van der Waals surface area contributed by atoms with Gasteiger partial charge in [-0.1, -0.05) is 18.2 Å². The van der Waals surface area contributed by atoms with Crippen LogP contribution in [0.5, 0.6) is 0 Å². The normalized spacial score (nSPS) is 17.3. The fourth-order valence-corrected chi connectivity index (χ4v) is 2.44. The molecule has 0 saturated heterocycles. The molecule has 1 atom stereocenters. The Morgan fingerprint density at radius 3 is 2.76 bits per heavy atom. The Morgan fingerprint density at radius 1 is 1.41 bits per heavy atom. The predicted molar refractivity (Wildman–Crippen MR) is 67.9 cm³/mol. The molecular weight excluding hydrogens is 212 g/mol. The number of carbonyl (C=O) groups is 1. The average Bonchev–Trinajstić information content (AvgIpc) is 3.08. The summed E-state index contributed by atoms with van der Waals surface area (Å²) in [6, 6.07) is 8.04. The summed E-state index contributed by atoms with van der Waals surface area (Å²) in [5.74, 6) is 0.636. The monoisotopic (exact) mass is 228 g/mol. The topological polar surface area (TPSA) is 48.0 Å². The number of aromatic nitrogens is 1. The van der Waals surface area contributed by atoms with Gasteiger partial charge in [-0.15, -0.1) is 0 Å². The molecule has 0 spiro atoms. The van der Waals surface area contributed by atoms with Gasteiger partial charge < -0.3 is 5.73 Å². The summed E-state index contributed by atoms with van der Waals surface area (Å²) in [7, 11) is 0. The second-order valence-electron chi connectivity index (χ2n) is 4.85.